The summed E-state index contributed by atoms with van der Waals surface area (Å²) < 4.78 is 32.9. The van der Waals surface area contributed by atoms with Crippen molar-refractivity contribution in [2.45, 2.75) is 170 Å². The number of Topliss-reactive ketones (excluding diaryl/α,β-unsaturated/α-hetero) is 2. The zero-order valence-electron chi connectivity index (χ0n) is 57.2. The quantitative estimate of drug-likeness (QED) is 0.00538. The Balaban J connectivity index is 0.000000233. The number of aliphatic hydroxyl groups excluding tert-OH is 6. The topological polar surface area (TPSA) is 274 Å². The molecule has 17 nitrogen and oxygen atoms in total. The van der Waals surface area contributed by atoms with Gasteiger partial charge in [-0.2, -0.15) is 0 Å². The van der Waals surface area contributed by atoms with Crippen molar-refractivity contribution in [3.8, 4) is 11.8 Å². The van der Waals surface area contributed by atoms with Gasteiger partial charge in [-0.25, -0.2) is 14.6 Å². The fraction of sp³-hybridized carbons (Fsp3) is 0.558. The molecule has 1 heterocycles. The maximum atomic E-state index is 13.2. The number of thiazole rings is 1. The molecule has 6 N–H and O–H groups in total. The predicted octanol–water partition coefficient (Wildman–Crippen LogP) is 11.2. The fourth-order valence-electron chi connectivity index (χ4n) is 13.2. The van der Waals surface area contributed by atoms with Crippen LogP contribution in [0.15, 0.2) is 101 Å². The minimum atomic E-state index is -1.17. The third kappa shape index (κ3) is 27.7. The van der Waals surface area contributed by atoms with Crippen LogP contribution in [0.25, 0.3) is 0 Å². The van der Waals surface area contributed by atoms with E-state index in [2.05, 4.69) is 72.7 Å². The van der Waals surface area contributed by atoms with E-state index in [-0.39, 0.29) is 101 Å². The Hall–Kier alpha value is -5.67. The molecule has 8 rings (SSSR count). The molecule has 0 radical (unpaired) electrons. The van der Waals surface area contributed by atoms with Crippen LogP contribution in [0.2, 0.25) is 0 Å². The number of ether oxygens (including phenoxy) is 4. The molecular formula is C77H102ClNO16S3. The number of hydrogen-bond donors (Lipinski definition) is 6. The molecule has 3 fully saturated rings. The highest BCUT2D eigenvalue weighted by atomic mass is 35.5. The average Bonchev–Trinajstić information content (AvgIpc) is 1.57. The van der Waals surface area contributed by atoms with Crippen molar-refractivity contribution in [3.63, 3.8) is 0 Å². The van der Waals surface area contributed by atoms with Crippen LogP contribution in [0.4, 0.5) is 0 Å². The number of rotatable bonds is 37. The van der Waals surface area contributed by atoms with Gasteiger partial charge in [0.2, 0.25) is 0 Å². The molecule has 98 heavy (non-hydrogen) atoms. The molecule has 0 saturated heterocycles. The number of aryl methyl sites for hydroxylation is 5. The van der Waals surface area contributed by atoms with Gasteiger partial charge in [-0.05, 0) is 196 Å². The number of aromatic nitrogens is 1. The molecular weight excluding hydrogens is 1330 g/mol. The van der Waals surface area contributed by atoms with E-state index >= 15 is 0 Å². The summed E-state index contributed by atoms with van der Waals surface area (Å²) in [6.07, 6.45) is 16.8. The number of hydrogen-bond acceptors (Lipinski definition) is 19. The third-order valence-corrected chi connectivity index (χ3v) is 22.6. The van der Waals surface area contributed by atoms with Gasteiger partial charge in [0, 0.05) is 77.4 Å². The lowest BCUT2D eigenvalue weighted by atomic mass is 9.86. The second-order valence-corrected chi connectivity index (χ2v) is 29.7. The van der Waals surface area contributed by atoms with Crippen LogP contribution < -0.4 is 0 Å². The number of esters is 3. The molecule has 5 aromatic rings. The molecule has 0 spiro atoms. The molecule has 3 saturated carbocycles. The largest absolute Gasteiger partial charge is 0.463 e. The predicted molar refractivity (Wildman–Crippen MR) is 384 cm³/mol. The highest BCUT2D eigenvalue weighted by Gasteiger charge is 2.37. The Morgan fingerprint density at radius 3 is 2.09 bits per heavy atom. The second kappa shape index (κ2) is 45.3. The summed E-state index contributed by atoms with van der Waals surface area (Å²) in [5, 5.41) is 56.0. The lowest BCUT2D eigenvalue weighted by Crippen LogP contribution is -2.22. The minimum Gasteiger partial charge on any atom is -0.463 e. The molecule has 0 aliphatic heterocycles. The van der Waals surface area contributed by atoms with Gasteiger partial charge in [0.05, 0.1) is 47.9 Å². The van der Waals surface area contributed by atoms with E-state index in [0.717, 1.165) is 109 Å². The number of benzene rings is 4. The van der Waals surface area contributed by atoms with Crippen molar-refractivity contribution in [1.82, 2.24) is 4.98 Å². The van der Waals surface area contributed by atoms with E-state index < -0.39 is 28.8 Å². The van der Waals surface area contributed by atoms with Crippen LogP contribution in [0, 0.1) is 61.2 Å². The Morgan fingerprint density at radius 1 is 0.704 bits per heavy atom. The molecule has 9 atom stereocenters. The van der Waals surface area contributed by atoms with Crippen LogP contribution in [-0.2, 0) is 87.5 Å². The third-order valence-electron chi connectivity index (χ3n) is 18.5. The minimum absolute atomic E-state index is 0.0141. The Morgan fingerprint density at radius 2 is 1.38 bits per heavy atom. The number of nitrogens with zero attached hydrogens (tertiary/aromatic N) is 1. The van der Waals surface area contributed by atoms with E-state index in [1.807, 2.05) is 54.6 Å². The van der Waals surface area contributed by atoms with Gasteiger partial charge in [0.15, 0.2) is 0 Å². The molecule has 536 valence electrons. The van der Waals surface area contributed by atoms with E-state index in [0.29, 0.717) is 85.4 Å². The van der Waals surface area contributed by atoms with Gasteiger partial charge in [-0.15, -0.1) is 40.6 Å². The van der Waals surface area contributed by atoms with Gasteiger partial charge < -0.3 is 49.6 Å². The van der Waals surface area contributed by atoms with Crippen molar-refractivity contribution in [2.24, 2.45) is 35.5 Å². The number of ketones is 2. The molecule has 3 aliphatic carbocycles. The molecule has 1 aromatic heterocycles. The van der Waals surface area contributed by atoms with Crippen molar-refractivity contribution in [2.75, 3.05) is 77.6 Å². The molecule has 21 heteroatoms. The number of unbranched alkanes of at least 4 members (excludes halogenated alkanes) is 1. The highest BCUT2D eigenvalue weighted by Crippen LogP contribution is 2.41. The zero-order chi connectivity index (χ0) is 70.6. The fourth-order valence-corrected chi connectivity index (χ4v) is 17.5. The van der Waals surface area contributed by atoms with Crippen LogP contribution >= 0.6 is 34.7 Å². The van der Waals surface area contributed by atoms with Crippen LogP contribution in [-0.4, -0.2) is 152 Å². The molecule has 0 amide bonds. The monoisotopic (exact) mass is 1430 g/mol. The van der Waals surface area contributed by atoms with E-state index in [4.69, 9.17) is 41.1 Å². The first-order chi connectivity index (χ1) is 47.5. The van der Waals surface area contributed by atoms with E-state index in [1.165, 1.54) is 50.2 Å². The van der Waals surface area contributed by atoms with Gasteiger partial charge >= 0.3 is 17.9 Å². The number of thioether (sulfide) groups is 1. The van der Waals surface area contributed by atoms with E-state index in [1.54, 1.807) is 11.8 Å². The van der Waals surface area contributed by atoms with Crippen molar-refractivity contribution in [1.29, 1.82) is 0 Å². The number of carbonyl (C=O) groups is 5. The first kappa shape index (κ1) is 81.3. The SMILES string of the molecule is CCCCC(O)c1cccc(S(=O)C[C@H]2C(Cl)CC[C@@H]2CCCc2ncc(C(=O)OCCO)s2)c1.Cc1cc(SC[C@H]2C(=O)CC[C@@H]2Cc2cccc(CCC(=O)OCCO)c2)cc(C)c1CCO.O=C(COCC#CC[C@H]1CCC(=O)[C@@H]1CCc1ccccc1CCO)OCCO. The summed E-state index contributed by atoms with van der Waals surface area (Å²) in [5.41, 5.74) is 9.07. The van der Waals surface area contributed by atoms with Gasteiger partial charge in [0.25, 0.3) is 0 Å². The van der Waals surface area contributed by atoms with Gasteiger partial charge in [-0.1, -0.05) is 86.3 Å². The maximum absolute atomic E-state index is 13.2. The summed E-state index contributed by atoms with van der Waals surface area (Å²) in [4.78, 5) is 66.6. The number of halogens is 1. The van der Waals surface area contributed by atoms with Crippen LogP contribution in [0.3, 0.4) is 0 Å². The normalized spacial score (nSPS) is 19.3. The zero-order valence-corrected chi connectivity index (χ0v) is 60.4. The van der Waals surface area contributed by atoms with Gasteiger partial charge in [0.1, 0.15) is 49.5 Å². The number of alkyl halides is 1. The molecule has 0 bridgehead atoms. The maximum Gasteiger partial charge on any atom is 0.350 e. The Kier molecular flexibility index (Phi) is 37.5. The van der Waals surface area contributed by atoms with Crippen LogP contribution in [0.1, 0.15) is 162 Å². The molecule has 3 aliphatic rings. The average molecular weight is 1430 g/mol. The molecule has 3 unspecified atom stereocenters. The second-order valence-electron chi connectivity index (χ2n) is 25.4. The van der Waals surface area contributed by atoms with Crippen LogP contribution in [0.5, 0.6) is 0 Å². The van der Waals surface area contributed by atoms with Crippen molar-refractivity contribution in [3.05, 3.63) is 146 Å². The summed E-state index contributed by atoms with van der Waals surface area (Å²) in [6, 6.07) is 28.2. The highest BCUT2D eigenvalue weighted by molar-refractivity contribution is 7.99. The first-order valence-corrected chi connectivity index (χ1v) is 38.3. The van der Waals surface area contributed by atoms with Gasteiger partial charge in [-0.3, -0.25) is 18.6 Å². The summed E-state index contributed by atoms with van der Waals surface area (Å²) in [5.74, 6) is 7.97. The standard InChI is InChI=1S/C28H36O5S.C26H36ClNO5S2.C23H30O6/c1-19-14-24(15-20(2)25(19)10-11-29)34-18-26-23(7-8-27(26)31)17-22-5-3-4-21(16-22)6-9-28(32)33-13-12-30;1-2-3-9-23(30)19-7-4-8-20(15-19)35(32)17-21-18(11-12-22(21)27)6-5-10-25-28-16-24(34-25)26(31)33-14-13-29;24-13-12-19-6-2-1-5-18(19)8-10-21-20(9-11-22(21)26)7-3-4-15-28-17-23(27)29-16-14-25/h3-5,14-16,23,26,29-30H,6-13,17-18H2,1-2H3;4,7-8,15-16,18,21-23,29-30H,2-3,5-6,9-14,17H2,1H3;1-2,5-6,20-21,24-25H,7-17H2/t23-,26-;18-,21+,22?,23?,35?;20-,21+/m100/s1. The first-order valence-electron chi connectivity index (χ1n) is 34.7. The van der Waals surface area contributed by atoms with Crippen molar-refractivity contribution >= 4 is 75.0 Å². The lowest BCUT2D eigenvalue weighted by molar-refractivity contribution is -0.149. The van der Waals surface area contributed by atoms with E-state index in [9.17, 15) is 43.5 Å². The Labute approximate surface area is 595 Å². The lowest BCUT2D eigenvalue weighted by Gasteiger charge is -2.21. The van der Waals surface area contributed by atoms with Crippen molar-refractivity contribution < 1.29 is 77.8 Å². The summed E-state index contributed by atoms with van der Waals surface area (Å²) >= 11 is 9.75. The summed E-state index contributed by atoms with van der Waals surface area (Å²) in [7, 11) is -1.17. The summed E-state index contributed by atoms with van der Waals surface area (Å²) in [6.45, 7) is 5.93. The Bertz CT molecular complexity index is 3340. The smallest absolute Gasteiger partial charge is 0.350 e. The number of aliphatic hydroxyl groups is 6. The molecule has 4 aromatic carbocycles. The number of carbonyl (C=O) groups excluding carboxylic acids is 5.